The van der Waals surface area contributed by atoms with Crippen LogP contribution in [0, 0.1) is 20.8 Å². The lowest BCUT2D eigenvalue weighted by atomic mass is 10.1. The van der Waals surface area contributed by atoms with Gasteiger partial charge in [-0.25, -0.2) is 9.97 Å². The van der Waals surface area contributed by atoms with E-state index >= 15 is 0 Å². The summed E-state index contributed by atoms with van der Waals surface area (Å²) < 4.78 is 5.22. The summed E-state index contributed by atoms with van der Waals surface area (Å²) in [6.07, 6.45) is 1.05. The molecule has 1 aliphatic heterocycles. The summed E-state index contributed by atoms with van der Waals surface area (Å²) >= 11 is 0. The number of aromatic nitrogens is 3. The van der Waals surface area contributed by atoms with Crippen LogP contribution in [0.15, 0.2) is 34.9 Å². The minimum atomic E-state index is 0.0642. The first-order chi connectivity index (χ1) is 12.5. The Bertz CT molecular complexity index is 959. The van der Waals surface area contributed by atoms with Crippen LogP contribution >= 0.6 is 0 Å². The van der Waals surface area contributed by atoms with Gasteiger partial charge in [-0.2, -0.15) is 0 Å². The molecule has 1 aliphatic rings. The van der Waals surface area contributed by atoms with E-state index < -0.39 is 0 Å². The lowest BCUT2D eigenvalue weighted by molar-refractivity contribution is -0.117. The molecular weight excluding hydrogens is 328 g/mol. The topological polar surface area (TPSA) is 72.1 Å². The fraction of sp³-hybridized carbons (Fsp3) is 0.300. The van der Waals surface area contributed by atoms with E-state index in [0.29, 0.717) is 25.2 Å². The van der Waals surface area contributed by atoms with Crippen LogP contribution in [0.4, 0.5) is 5.82 Å². The fourth-order valence-corrected chi connectivity index (χ4v) is 3.41. The van der Waals surface area contributed by atoms with Gasteiger partial charge in [-0.3, -0.25) is 9.69 Å². The first kappa shape index (κ1) is 16.4. The maximum Gasteiger partial charge on any atom is 0.232 e. The van der Waals surface area contributed by atoms with Crippen LogP contribution in [0.2, 0.25) is 0 Å². The molecule has 0 atom stereocenters. The van der Waals surface area contributed by atoms with Crippen LogP contribution in [0.25, 0.3) is 11.4 Å². The number of hydrogen-bond acceptors (Lipinski definition) is 5. The summed E-state index contributed by atoms with van der Waals surface area (Å²) in [4.78, 5) is 23.7. The number of carbonyl (C=O) groups is 1. The molecule has 6 nitrogen and oxygen atoms in total. The van der Waals surface area contributed by atoms with Crippen molar-refractivity contribution in [2.45, 2.75) is 33.6 Å². The molecule has 0 saturated carbocycles. The molecule has 26 heavy (non-hydrogen) atoms. The number of carbonyl (C=O) groups excluding carboxylic acids is 1. The second-order valence-electron chi connectivity index (χ2n) is 6.58. The molecule has 2 aromatic heterocycles. The van der Waals surface area contributed by atoms with E-state index in [2.05, 4.69) is 10.1 Å². The molecule has 0 fully saturated rings. The van der Waals surface area contributed by atoms with Crippen molar-refractivity contribution in [1.29, 1.82) is 0 Å². The van der Waals surface area contributed by atoms with E-state index in [0.717, 1.165) is 39.7 Å². The lowest BCUT2D eigenvalue weighted by Gasteiger charge is -2.17. The van der Waals surface area contributed by atoms with Crippen molar-refractivity contribution in [2.24, 2.45) is 0 Å². The second-order valence-corrected chi connectivity index (χ2v) is 6.58. The minimum absolute atomic E-state index is 0.0642. The molecule has 3 aromatic rings. The molecule has 0 bridgehead atoms. The smallest absolute Gasteiger partial charge is 0.232 e. The van der Waals surface area contributed by atoms with Crippen LogP contribution in [0.1, 0.15) is 28.3 Å². The van der Waals surface area contributed by atoms with Gasteiger partial charge in [0.1, 0.15) is 11.6 Å². The van der Waals surface area contributed by atoms with Crippen LogP contribution in [-0.2, 0) is 17.6 Å². The van der Waals surface area contributed by atoms with Crippen molar-refractivity contribution in [3.05, 3.63) is 58.6 Å². The second kappa shape index (κ2) is 6.37. The van der Waals surface area contributed by atoms with Gasteiger partial charge in [-0.05, 0) is 27.2 Å². The molecule has 0 spiro atoms. The molecule has 0 saturated heterocycles. The highest BCUT2D eigenvalue weighted by atomic mass is 16.5. The van der Waals surface area contributed by atoms with Gasteiger partial charge in [-0.1, -0.05) is 35.5 Å². The molecular formula is C20H20N4O2. The molecule has 0 unspecified atom stereocenters. The first-order valence-electron chi connectivity index (χ1n) is 8.69. The monoisotopic (exact) mass is 348 g/mol. The van der Waals surface area contributed by atoms with Crippen LogP contribution in [-0.4, -0.2) is 27.6 Å². The van der Waals surface area contributed by atoms with E-state index in [-0.39, 0.29) is 5.91 Å². The van der Waals surface area contributed by atoms with Crippen molar-refractivity contribution in [1.82, 2.24) is 15.1 Å². The number of anilines is 1. The van der Waals surface area contributed by atoms with Gasteiger partial charge in [0.25, 0.3) is 0 Å². The van der Waals surface area contributed by atoms with Crippen LogP contribution < -0.4 is 4.90 Å². The Labute approximate surface area is 151 Å². The molecule has 0 aliphatic carbocycles. The SMILES string of the molecule is Cc1nc(-c2ccccc2)nc2c1CC(=O)N2CCc1c(C)noc1C. The zero-order chi connectivity index (χ0) is 18.3. The van der Waals surface area contributed by atoms with Gasteiger partial charge in [0.2, 0.25) is 5.91 Å². The molecule has 3 heterocycles. The average Bonchev–Trinajstić information content (AvgIpc) is 3.13. The Balaban J connectivity index is 1.67. The number of fused-ring (bicyclic) bond motifs is 1. The Morgan fingerprint density at radius 1 is 1.08 bits per heavy atom. The quantitative estimate of drug-likeness (QED) is 0.724. The zero-order valence-electron chi connectivity index (χ0n) is 15.1. The van der Waals surface area contributed by atoms with E-state index in [9.17, 15) is 4.79 Å². The molecule has 0 N–H and O–H groups in total. The maximum absolute atomic E-state index is 12.6. The van der Waals surface area contributed by atoms with Gasteiger partial charge >= 0.3 is 0 Å². The summed E-state index contributed by atoms with van der Waals surface area (Å²) in [7, 11) is 0. The largest absolute Gasteiger partial charge is 0.361 e. The van der Waals surface area contributed by atoms with Crippen molar-refractivity contribution >= 4 is 11.7 Å². The molecule has 1 amide bonds. The van der Waals surface area contributed by atoms with Gasteiger partial charge in [0.05, 0.1) is 12.1 Å². The Morgan fingerprint density at radius 3 is 2.54 bits per heavy atom. The van der Waals surface area contributed by atoms with E-state index in [4.69, 9.17) is 9.51 Å². The average molecular weight is 348 g/mol. The third-order valence-electron chi connectivity index (χ3n) is 4.88. The molecule has 6 heteroatoms. The highest BCUT2D eigenvalue weighted by molar-refractivity contribution is 6.00. The molecule has 0 radical (unpaired) electrons. The molecule has 132 valence electrons. The number of amides is 1. The van der Waals surface area contributed by atoms with Crippen LogP contribution in [0.5, 0.6) is 0 Å². The highest BCUT2D eigenvalue weighted by Gasteiger charge is 2.31. The molecule has 4 rings (SSSR count). The summed E-state index contributed by atoms with van der Waals surface area (Å²) in [6.45, 7) is 6.32. The Morgan fingerprint density at radius 2 is 1.85 bits per heavy atom. The maximum atomic E-state index is 12.6. The van der Waals surface area contributed by atoms with Crippen molar-refractivity contribution in [2.75, 3.05) is 11.4 Å². The van der Waals surface area contributed by atoms with Gasteiger partial charge in [-0.15, -0.1) is 0 Å². The number of hydrogen-bond donors (Lipinski definition) is 0. The summed E-state index contributed by atoms with van der Waals surface area (Å²) in [5, 5.41) is 3.99. The minimum Gasteiger partial charge on any atom is -0.361 e. The standard InChI is InChI=1S/C20H20N4O2/c1-12-17-11-18(25)24(10-9-16-13(2)23-26-14(16)3)20(17)22-19(21-12)15-7-5-4-6-8-15/h4-8H,9-11H2,1-3H3. The summed E-state index contributed by atoms with van der Waals surface area (Å²) in [5.41, 5.74) is 4.66. The Hall–Kier alpha value is -3.02. The van der Waals surface area contributed by atoms with Crippen LogP contribution in [0.3, 0.4) is 0 Å². The first-order valence-corrected chi connectivity index (χ1v) is 8.69. The van der Waals surface area contributed by atoms with Crippen molar-refractivity contribution in [3.8, 4) is 11.4 Å². The van der Waals surface area contributed by atoms with E-state index in [1.165, 1.54) is 0 Å². The van der Waals surface area contributed by atoms with Gasteiger partial charge in [0.15, 0.2) is 5.82 Å². The van der Waals surface area contributed by atoms with Crippen molar-refractivity contribution < 1.29 is 9.32 Å². The summed E-state index contributed by atoms with van der Waals surface area (Å²) in [5.74, 6) is 2.25. The number of aryl methyl sites for hydroxylation is 3. The van der Waals surface area contributed by atoms with Gasteiger partial charge < -0.3 is 4.52 Å². The number of nitrogens with zero attached hydrogens (tertiary/aromatic N) is 4. The predicted molar refractivity (Wildman–Crippen MR) is 97.9 cm³/mol. The Kier molecular flexibility index (Phi) is 4.03. The third kappa shape index (κ3) is 2.77. The normalized spacial score (nSPS) is 13.3. The van der Waals surface area contributed by atoms with Crippen molar-refractivity contribution in [3.63, 3.8) is 0 Å². The van der Waals surface area contributed by atoms with E-state index in [1.54, 1.807) is 4.90 Å². The number of rotatable bonds is 4. The molecule has 1 aromatic carbocycles. The van der Waals surface area contributed by atoms with E-state index in [1.807, 2.05) is 51.1 Å². The third-order valence-corrected chi connectivity index (χ3v) is 4.88. The lowest BCUT2D eigenvalue weighted by Crippen LogP contribution is -2.29. The predicted octanol–water partition coefficient (Wildman–Crippen LogP) is 3.19. The number of benzene rings is 1. The summed E-state index contributed by atoms with van der Waals surface area (Å²) in [6, 6.07) is 9.84. The highest BCUT2D eigenvalue weighted by Crippen LogP contribution is 2.31. The zero-order valence-corrected chi connectivity index (χ0v) is 15.1. The van der Waals surface area contributed by atoms with Gasteiger partial charge in [0, 0.05) is 28.9 Å². The fourth-order valence-electron chi connectivity index (χ4n) is 3.41.